The molecular weight excluding hydrogens is 172 g/mol. The highest BCUT2D eigenvalue weighted by Gasteiger charge is 1.98. The van der Waals surface area contributed by atoms with E-state index in [2.05, 4.69) is 6.58 Å². The van der Waals surface area contributed by atoms with Crippen molar-refractivity contribution in [2.75, 3.05) is 0 Å². The molecule has 0 unspecified atom stereocenters. The predicted molar refractivity (Wildman–Crippen MR) is 50.4 cm³/mol. The van der Waals surface area contributed by atoms with Gasteiger partial charge in [0.25, 0.3) is 0 Å². The topological polar surface area (TPSA) is 17.1 Å². The summed E-state index contributed by atoms with van der Waals surface area (Å²) in [6.07, 6.45) is 1.70. The highest BCUT2D eigenvalue weighted by molar-refractivity contribution is 6.30. The second-order valence-corrected chi connectivity index (χ2v) is 2.91. The van der Waals surface area contributed by atoms with Crippen molar-refractivity contribution in [2.24, 2.45) is 0 Å². The molecule has 1 aromatic carbocycles. The molecule has 0 aliphatic heterocycles. The summed E-state index contributed by atoms with van der Waals surface area (Å²) in [6, 6.07) is 7.26. The maximum atomic E-state index is 10.9. The molecule has 0 aliphatic rings. The van der Waals surface area contributed by atoms with Gasteiger partial charge < -0.3 is 0 Å². The number of hydrogen-bond acceptors (Lipinski definition) is 1. The van der Waals surface area contributed by atoms with Crippen molar-refractivity contribution in [1.29, 1.82) is 0 Å². The Morgan fingerprint density at radius 3 is 2.92 bits per heavy atom. The maximum absolute atomic E-state index is 10.9. The van der Waals surface area contributed by atoms with E-state index in [0.717, 1.165) is 5.56 Å². The quantitative estimate of drug-likeness (QED) is 0.654. The highest BCUT2D eigenvalue weighted by Crippen LogP contribution is 2.11. The van der Waals surface area contributed by atoms with Gasteiger partial charge in [0.15, 0.2) is 5.78 Å². The van der Waals surface area contributed by atoms with Crippen LogP contribution in [-0.4, -0.2) is 5.78 Å². The van der Waals surface area contributed by atoms with Gasteiger partial charge in [-0.25, -0.2) is 0 Å². The fraction of sp³-hybridized carbons (Fsp3) is 0.100. The second-order valence-electron chi connectivity index (χ2n) is 2.48. The molecule has 0 aliphatic carbocycles. The van der Waals surface area contributed by atoms with Gasteiger partial charge in [0.2, 0.25) is 0 Å². The standard InChI is InChI=1S/C10H9ClO/c1-2-10(12)7-8-4-3-5-9(11)6-8/h2-6H,1,7H2. The summed E-state index contributed by atoms with van der Waals surface area (Å²) < 4.78 is 0. The highest BCUT2D eigenvalue weighted by atomic mass is 35.5. The summed E-state index contributed by atoms with van der Waals surface area (Å²) in [6.45, 7) is 3.40. The molecule has 12 heavy (non-hydrogen) atoms. The van der Waals surface area contributed by atoms with E-state index in [-0.39, 0.29) is 5.78 Å². The molecule has 0 saturated heterocycles. The third-order valence-electron chi connectivity index (χ3n) is 1.50. The molecule has 0 bridgehead atoms. The zero-order chi connectivity index (χ0) is 8.97. The normalized spacial score (nSPS) is 9.42. The lowest BCUT2D eigenvalue weighted by atomic mass is 10.1. The fourth-order valence-electron chi connectivity index (χ4n) is 0.920. The molecule has 1 rings (SSSR count). The van der Waals surface area contributed by atoms with Gasteiger partial charge in [0, 0.05) is 11.4 Å². The Kier molecular flexibility index (Phi) is 3.06. The Morgan fingerprint density at radius 1 is 1.58 bits per heavy atom. The molecule has 1 nitrogen and oxygen atoms in total. The van der Waals surface area contributed by atoms with E-state index in [1.54, 1.807) is 12.1 Å². The van der Waals surface area contributed by atoms with Gasteiger partial charge in [-0.15, -0.1) is 0 Å². The van der Waals surface area contributed by atoms with Gasteiger partial charge in [-0.05, 0) is 23.8 Å². The van der Waals surface area contributed by atoms with Crippen LogP contribution >= 0.6 is 11.6 Å². The number of halogens is 1. The number of benzene rings is 1. The zero-order valence-electron chi connectivity index (χ0n) is 6.59. The minimum absolute atomic E-state index is 0.0114. The van der Waals surface area contributed by atoms with Gasteiger partial charge in [-0.1, -0.05) is 30.3 Å². The van der Waals surface area contributed by atoms with E-state index in [0.29, 0.717) is 11.4 Å². The molecule has 0 N–H and O–H groups in total. The fourth-order valence-corrected chi connectivity index (χ4v) is 1.13. The van der Waals surface area contributed by atoms with E-state index < -0.39 is 0 Å². The van der Waals surface area contributed by atoms with Crippen LogP contribution in [0.15, 0.2) is 36.9 Å². The monoisotopic (exact) mass is 180 g/mol. The first-order valence-corrected chi connectivity index (χ1v) is 4.00. The van der Waals surface area contributed by atoms with Crippen LogP contribution in [0.25, 0.3) is 0 Å². The van der Waals surface area contributed by atoms with Gasteiger partial charge in [-0.3, -0.25) is 4.79 Å². The van der Waals surface area contributed by atoms with Gasteiger partial charge in [0.05, 0.1) is 0 Å². The van der Waals surface area contributed by atoms with Crippen molar-refractivity contribution < 1.29 is 4.79 Å². The number of carbonyl (C=O) groups is 1. The minimum atomic E-state index is 0.0114. The lowest BCUT2D eigenvalue weighted by molar-refractivity contribution is -0.114. The number of allylic oxidation sites excluding steroid dienone is 1. The molecule has 0 radical (unpaired) electrons. The summed E-state index contributed by atoms with van der Waals surface area (Å²) in [5.41, 5.74) is 0.924. The van der Waals surface area contributed by atoms with Crippen LogP contribution in [-0.2, 0) is 11.2 Å². The molecule has 0 heterocycles. The van der Waals surface area contributed by atoms with Crippen molar-refractivity contribution in [1.82, 2.24) is 0 Å². The van der Waals surface area contributed by atoms with Crippen LogP contribution in [0.4, 0.5) is 0 Å². The molecule has 62 valence electrons. The summed E-state index contributed by atoms with van der Waals surface area (Å²) in [7, 11) is 0. The molecule has 0 fully saturated rings. The first kappa shape index (κ1) is 9.01. The van der Waals surface area contributed by atoms with Crippen LogP contribution in [0.5, 0.6) is 0 Å². The lowest BCUT2D eigenvalue weighted by Crippen LogP contribution is -1.96. The first-order valence-electron chi connectivity index (χ1n) is 3.62. The average molecular weight is 181 g/mol. The van der Waals surface area contributed by atoms with Crippen LogP contribution in [0.1, 0.15) is 5.56 Å². The van der Waals surface area contributed by atoms with Crippen molar-refractivity contribution in [3.63, 3.8) is 0 Å². The Labute approximate surface area is 76.7 Å². The summed E-state index contributed by atoms with van der Waals surface area (Å²) in [5, 5.41) is 0.657. The maximum Gasteiger partial charge on any atom is 0.159 e. The SMILES string of the molecule is C=CC(=O)Cc1cccc(Cl)c1. The van der Waals surface area contributed by atoms with Gasteiger partial charge >= 0.3 is 0 Å². The molecule has 2 heteroatoms. The number of ketones is 1. The van der Waals surface area contributed by atoms with Crippen molar-refractivity contribution in [3.8, 4) is 0 Å². The summed E-state index contributed by atoms with van der Waals surface area (Å²) >= 11 is 5.73. The Balaban J connectivity index is 2.76. The third-order valence-corrected chi connectivity index (χ3v) is 1.73. The Hall–Kier alpha value is -1.08. The molecule has 1 aromatic rings. The zero-order valence-corrected chi connectivity index (χ0v) is 7.34. The molecular formula is C10H9ClO. The van der Waals surface area contributed by atoms with Crippen molar-refractivity contribution in [3.05, 3.63) is 47.5 Å². The first-order chi connectivity index (χ1) is 5.72. The number of carbonyl (C=O) groups excluding carboxylic acids is 1. The Morgan fingerprint density at radius 2 is 2.33 bits per heavy atom. The van der Waals surface area contributed by atoms with Crippen molar-refractivity contribution >= 4 is 17.4 Å². The van der Waals surface area contributed by atoms with Gasteiger partial charge in [0.1, 0.15) is 0 Å². The average Bonchev–Trinajstić information content (AvgIpc) is 2.04. The van der Waals surface area contributed by atoms with Crippen molar-refractivity contribution in [2.45, 2.75) is 6.42 Å². The molecule has 0 spiro atoms. The van der Waals surface area contributed by atoms with E-state index >= 15 is 0 Å². The number of rotatable bonds is 3. The van der Waals surface area contributed by atoms with Crippen LogP contribution in [0.3, 0.4) is 0 Å². The summed E-state index contributed by atoms with van der Waals surface area (Å²) in [5.74, 6) is 0.0114. The van der Waals surface area contributed by atoms with Gasteiger partial charge in [-0.2, -0.15) is 0 Å². The van der Waals surface area contributed by atoms with E-state index in [1.165, 1.54) is 6.08 Å². The lowest BCUT2D eigenvalue weighted by Gasteiger charge is -1.97. The summed E-state index contributed by atoms with van der Waals surface area (Å²) in [4.78, 5) is 10.9. The Bertz CT molecular complexity index is 304. The smallest absolute Gasteiger partial charge is 0.159 e. The molecule has 0 amide bonds. The predicted octanol–water partition coefficient (Wildman–Crippen LogP) is 2.64. The third kappa shape index (κ3) is 2.51. The van der Waals surface area contributed by atoms with E-state index in [4.69, 9.17) is 11.6 Å². The number of hydrogen-bond donors (Lipinski definition) is 0. The van der Waals surface area contributed by atoms with Crippen LogP contribution < -0.4 is 0 Å². The minimum Gasteiger partial charge on any atom is -0.295 e. The van der Waals surface area contributed by atoms with E-state index in [9.17, 15) is 4.79 Å². The van der Waals surface area contributed by atoms with Crippen LogP contribution in [0, 0.1) is 0 Å². The second kappa shape index (κ2) is 4.07. The van der Waals surface area contributed by atoms with Crippen LogP contribution in [0.2, 0.25) is 5.02 Å². The molecule has 0 saturated carbocycles. The largest absolute Gasteiger partial charge is 0.295 e. The molecule has 0 atom stereocenters. The molecule has 0 aromatic heterocycles. The van der Waals surface area contributed by atoms with E-state index in [1.807, 2.05) is 12.1 Å².